The molecule has 0 aliphatic rings. The van der Waals surface area contributed by atoms with E-state index in [0.717, 1.165) is 16.6 Å². The van der Waals surface area contributed by atoms with Gasteiger partial charge >= 0.3 is 0 Å². The summed E-state index contributed by atoms with van der Waals surface area (Å²) in [5.41, 5.74) is 3.65. The number of hydrogen-bond acceptors (Lipinski definition) is 5. The van der Waals surface area contributed by atoms with Crippen LogP contribution in [0.25, 0.3) is 10.9 Å². The fourth-order valence-corrected chi connectivity index (χ4v) is 2.33. The van der Waals surface area contributed by atoms with Gasteiger partial charge in [-0.15, -0.1) is 11.3 Å². The summed E-state index contributed by atoms with van der Waals surface area (Å²) < 4.78 is 1.79. The van der Waals surface area contributed by atoms with Gasteiger partial charge in [-0.05, 0) is 6.07 Å². The van der Waals surface area contributed by atoms with Gasteiger partial charge in [0.15, 0.2) is 0 Å². The molecule has 0 atom stereocenters. The molecule has 1 aromatic carbocycles. The molecule has 0 amide bonds. The average Bonchev–Trinajstić information content (AvgIpc) is 2.99. The molecule has 18 heavy (non-hydrogen) atoms. The first-order chi connectivity index (χ1) is 8.74. The smallest absolute Gasteiger partial charge is 0.259 e. The van der Waals surface area contributed by atoms with Crippen LogP contribution < -0.4 is 0 Å². The topological polar surface area (TPSA) is 73.8 Å². The molecule has 6 nitrogen and oxygen atoms in total. The fourth-order valence-electron chi connectivity index (χ4n) is 1.78. The summed E-state index contributed by atoms with van der Waals surface area (Å²) >= 11 is 1.53. The van der Waals surface area contributed by atoms with Crippen LogP contribution in [0.1, 0.15) is 5.69 Å². The lowest BCUT2D eigenvalue weighted by atomic mass is 10.2. The molecule has 0 bridgehead atoms. The zero-order valence-corrected chi connectivity index (χ0v) is 10.0. The van der Waals surface area contributed by atoms with E-state index in [9.17, 15) is 10.1 Å². The summed E-state index contributed by atoms with van der Waals surface area (Å²) in [4.78, 5) is 14.5. The van der Waals surface area contributed by atoms with Crippen molar-refractivity contribution in [3.63, 3.8) is 0 Å². The highest BCUT2D eigenvalue weighted by molar-refractivity contribution is 7.07. The molecule has 2 aromatic heterocycles. The van der Waals surface area contributed by atoms with Gasteiger partial charge in [-0.25, -0.2) is 4.98 Å². The van der Waals surface area contributed by atoms with Crippen LogP contribution in [0.3, 0.4) is 0 Å². The Morgan fingerprint density at radius 1 is 1.44 bits per heavy atom. The standard InChI is InChI=1S/C11H8N4O2S/c16-15(17)10-1-2-11-8(3-10)4-13-14(11)5-9-6-18-7-12-9/h1-4,6-7H,5H2. The molecule has 2 heterocycles. The van der Waals surface area contributed by atoms with Gasteiger partial charge in [0.05, 0.1) is 34.4 Å². The molecule has 0 saturated heterocycles. The van der Waals surface area contributed by atoms with Crippen molar-refractivity contribution in [2.45, 2.75) is 6.54 Å². The number of nitrogens with zero attached hydrogens (tertiary/aromatic N) is 4. The highest BCUT2D eigenvalue weighted by Crippen LogP contribution is 2.21. The Bertz CT molecular complexity index is 705. The molecule has 0 unspecified atom stereocenters. The second-order valence-electron chi connectivity index (χ2n) is 3.78. The third-order valence-electron chi connectivity index (χ3n) is 2.63. The maximum atomic E-state index is 10.7. The van der Waals surface area contributed by atoms with Crippen LogP contribution in [0.5, 0.6) is 0 Å². The summed E-state index contributed by atoms with van der Waals surface area (Å²) in [6, 6.07) is 4.73. The van der Waals surface area contributed by atoms with Crippen LogP contribution >= 0.6 is 11.3 Å². The maximum absolute atomic E-state index is 10.7. The van der Waals surface area contributed by atoms with Gasteiger partial charge in [0.1, 0.15) is 0 Å². The van der Waals surface area contributed by atoms with Crippen molar-refractivity contribution in [3.8, 4) is 0 Å². The summed E-state index contributed by atoms with van der Waals surface area (Å²) in [6.07, 6.45) is 1.63. The lowest BCUT2D eigenvalue weighted by Gasteiger charge is -2.00. The fraction of sp³-hybridized carbons (Fsp3) is 0.0909. The van der Waals surface area contributed by atoms with Gasteiger partial charge < -0.3 is 0 Å². The van der Waals surface area contributed by atoms with E-state index >= 15 is 0 Å². The van der Waals surface area contributed by atoms with E-state index in [1.165, 1.54) is 23.5 Å². The van der Waals surface area contributed by atoms with E-state index in [1.807, 2.05) is 5.38 Å². The predicted octanol–water partition coefficient (Wildman–Crippen LogP) is 2.45. The van der Waals surface area contributed by atoms with Gasteiger partial charge in [-0.3, -0.25) is 14.8 Å². The first kappa shape index (κ1) is 10.8. The highest BCUT2D eigenvalue weighted by atomic mass is 32.1. The third-order valence-corrected chi connectivity index (χ3v) is 3.27. The lowest BCUT2D eigenvalue weighted by molar-refractivity contribution is -0.384. The minimum Gasteiger partial charge on any atom is -0.259 e. The largest absolute Gasteiger partial charge is 0.270 e. The van der Waals surface area contributed by atoms with Gasteiger partial charge in [0.25, 0.3) is 5.69 Å². The first-order valence-electron chi connectivity index (χ1n) is 5.21. The van der Waals surface area contributed by atoms with E-state index in [1.54, 1.807) is 22.5 Å². The lowest BCUT2D eigenvalue weighted by Crippen LogP contribution is -2.01. The van der Waals surface area contributed by atoms with E-state index in [2.05, 4.69) is 10.1 Å². The molecule has 90 valence electrons. The predicted molar refractivity (Wildman–Crippen MR) is 67.6 cm³/mol. The number of non-ortho nitro benzene ring substituents is 1. The Morgan fingerprint density at radius 3 is 3.06 bits per heavy atom. The SMILES string of the molecule is O=[N+]([O-])c1ccc2c(cnn2Cc2cscn2)c1. The molecule has 0 fully saturated rings. The second kappa shape index (κ2) is 4.19. The van der Waals surface area contributed by atoms with Crippen molar-refractivity contribution in [3.05, 3.63) is 51.1 Å². The molecule has 0 aliphatic carbocycles. The Kier molecular flexibility index (Phi) is 2.52. The Balaban J connectivity index is 2.02. The Hall–Kier alpha value is -2.28. The van der Waals surface area contributed by atoms with Crippen molar-refractivity contribution in [1.82, 2.24) is 14.8 Å². The van der Waals surface area contributed by atoms with E-state index in [4.69, 9.17) is 0 Å². The second-order valence-corrected chi connectivity index (χ2v) is 4.50. The van der Waals surface area contributed by atoms with Crippen LogP contribution in [-0.4, -0.2) is 19.7 Å². The van der Waals surface area contributed by atoms with Crippen LogP contribution in [0.2, 0.25) is 0 Å². The minimum absolute atomic E-state index is 0.0794. The number of hydrogen-bond donors (Lipinski definition) is 0. The van der Waals surface area contributed by atoms with E-state index in [0.29, 0.717) is 6.54 Å². The zero-order valence-electron chi connectivity index (χ0n) is 9.18. The van der Waals surface area contributed by atoms with Crippen molar-refractivity contribution in [1.29, 1.82) is 0 Å². The Labute approximate surface area is 106 Å². The molecule has 0 saturated carbocycles. The summed E-state index contributed by atoms with van der Waals surface area (Å²) in [6.45, 7) is 0.574. The van der Waals surface area contributed by atoms with Crippen LogP contribution in [0, 0.1) is 10.1 Å². The minimum atomic E-state index is -0.406. The highest BCUT2D eigenvalue weighted by Gasteiger charge is 2.10. The number of nitro benzene ring substituents is 1. The molecule has 0 N–H and O–H groups in total. The molecule has 0 spiro atoms. The van der Waals surface area contributed by atoms with Crippen molar-refractivity contribution in [2.75, 3.05) is 0 Å². The number of thiazole rings is 1. The van der Waals surface area contributed by atoms with E-state index in [-0.39, 0.29) is 5.69 Å². The van der Waals surface area contributed by atoms with Gasteiger partial charge in [-0.2, -0.15) is 5.10 Å². The number of aromatic nitrogens is 3. The van der Waals surface area contributed by atoms with Gasteiger partial charge in [-0.1, -0.05) is 0 Å². The van der Waals surface area contributed by atoms with Crippen molar-refractivity contribution < 1.29 is 4.92 Å². The zero-order chi connectivity index (χ0) is 12.5. The van der Waals surface area contributed by atoms with Crippen LogP contribution in [-0.2, 0) is 6.54 Å². The molecular formula is C11H8N4O2S. The normalized spacial score (nSPS) is 10.9. The number of fused-ring (bicyclic) bond motifs is 1. The number of benzene rings is 1. The summed E-state index contributed by atoms with van der Waals surface area (Å²) in [7, 11) is 0. The number of nitro groups is 1. The van der Waals surface area contributed by atoms with Gasteiger partial charge in [0.2, 0.25) is 0 Å². The third kappa shape index (κ3) is 1.84. The molecule has 7 heteroatoms. The average molecular weight is 260 g/mol. The molecule has 0 radical (unpaired) electrons. The quantitative estimate of drug-likeness (QED) is 0.535. The molecule has 3 aromatic rings. The maximum Gasteiger partial charge on any atom is 0.270 e. The van der Waals surface area contributed by atoms with Crippen molar-refractivity contribution in [2.24, 2.45) is 0 Å². The molecule has 3 rings (SSSR count). The van der Waals surface area contributed by atoms with Crippen LogP contribution in [0.4, 0.5) is 5.69 Å². The van der Waals surface area contributed by atoms with Crippen molar-refractivity contribution >= 4 is 27.9 Å². The first-order valence-corrected chi connectivity index (χ1v) is 6.15. The molecular weight excluding hydrogens is 252 g/mol. The Morgan fingerprint density at radius 2 is 2.33 bits per heavy atom. The summed E-state index contributed by atoms with van der Waals surface area (Å²) in [5, 5.41) is 17.6. The van der Waals surface area contributed by atoms with E-state index < -0.39 is 4.92 Å². The van der Waals surface area contributed by atoms with Crippen LogP contribution in [0.15, 0.2) is 35.3 Å². The summed E-state index contributed by atoms with van der Waals surface area (Å²) in [5.74, 6) is 0. The van der Waals surface area contributed by atoms with Gasteiger partial charge in [0, 0.05) is 22.9 Å². The monoisotopic (exact) mass is 260 g/mol. The number of rotatable bonds is 3. The molecule has 0 aliphatic heterocycles.